The molecule has 0 radical (unpaired) electrons. The van der Waals surface area contributed by atoms with Crippen LogP contribution in [0.15, 0.2) is 114 Å². The maximum absolute atomic E-state index is 15.0. The summed E-state index contributed by atoms with van der Waals surface area (Å²) in [7, 11) is 0. The van der Waals surface area contributed by atoms with E-state index in [4.69, 9.17) is 19.5 Å². The van der Waals surface area contributed by atoms with E-state index in [1.807, 2.05) is 23.1 Å². The van der Waals surface area contributed by atoms with Gasteiger partial charge in [0, 0.05) is 55.7 Å². The number of ether oxygens (including phenoxy) is 2. The van der Waals surface area contributed by atoms with Crippen molar-refractivity contribution in [3.8, 4) is 11.5 Å². The highest BCUT2D eigenvalue weighted by atomic mass is 16.7. The number of nitro benzene ring substituents is 1. The van der Waals surface area contributed by atoms with E-state index in [9.17, 15) is 30.2 Å². The van der Waals surface area contributed by atoms with Crippen molar-refractivity contribution in [1.82, 2.24) is 4.90 Å². The summed E-state index contributed by atoms with van der Waals surface area (Å²) in [6.07, 6.45) is 10.2. The first-order valence-corrected chi connectivity index (χ1v) is 21.7. The average Bonchev–Trinajstić information content (AvgIpc) is 4.13. The van der Waals surface area contributed by atoms with Gasteiger partial charge in [-0.25, -0.2) is 0 Å². The Hall–Kier alpha value is -5.56. The molecule has 0 unspecified atom stereocenters. The van der Waals surface area contributed by atoms with Crippen molar-refractivity contribution in [3.63, 3.8) is 0 Å². The number of oxime groups is 1. The molecule has 3 aliphatic carbocycles. The Balaban J connectivity index is 1.32. The number of phenolic OH excluding ortho intramolecular Hbond substituents is 1. The predicted molar refractivity (Wildman–Crippen MR) is 232 cm³/mol. The second-order valence-corrected chi connectivity index (χ2v) is 16.9. The van der Waals surface area contributed by atoms with Crippen LogP contribution < -0.4 is 4.74 Å². The lowest BCUT2D eigenvalue weighted by atomic mass is 9.55. The van der Waals surface area contributed by atoms with Gasteiger partial charge in [0.2, 0.25) is 11.7 Å². The highest BCUT2D eigenvalue weighted by molar-refractivity contribution is 6.03. The number of unbranched alkanes of at least 4 members (excludes halogenated alkanes) is 2. The summed E-state index contributed by atoms with van der Waals surface area (Å²) in [6.45, 7) is 4.68. The number of benzene rings is 4. The van der Waals surface area contributed by atoms with Crippen LogP contribution >= 0.6 is 0 Å². The molecule has 3 N–H and O–H groups in total. The lowest BCUT2D eigenvalue weighted by Gasteiger charge is -2.60. The number of nitro groups is 1. The first kappa shape index (κ1) is 42.1. The molecule has 4 aliphatic rings. The van der Waals surface area contributed by atoms with Crippen LogP contribution in [0.2, 0.25) is 0 Å². The molecule has 12 heteroatoms. The number of carbonyl (C=O) groups is 1. The number of amides is 1. The summed E-state index contributed by atoms with van der Waals surface area (Å²) in [4.78, 5) is 34.0. The molecule has 61 heavy (non-hydrogen) atoms. The Labute approximate surface area is 356 Å². The molecule has 1 amide bonds. The van der Waals surface area contributed by atoms with Crippen LogP contribution in [0, 0.1) is 33.8 Å². The predicted octanol–water partition coefficient (Wildman–Crippen LogP) is 8.73. The number of hydrogen-bond donors (Lipinski definition) is 3. The SMILES string of the molecule is C=CCO[C@@]12Oc3ccc(O)cc3[C@H]3[C@H](CCCCO)[C@@H](CCCCO)C=C(C(=NOCc4ccc([N+](=O)[O-])cc4)C[C@@H]1N(Cc1cccc4ccccc14)C(=O)C1CC1)[C@H]32. The number of aliphatic hydroxyl groups excluding tert-OH is 2. The summed E-state index contributed by atoms with van der Waals surface area (Å²) < 4.78 is 14.4. The molecule has 0 saturated heterocycles. The fourth-order valence-electron chi connectivity index (χ4n) is 10.1. The zero-order valence-corrected chi connectivity index (χ0v) is 34.4. The van der Waals surface area contributed by atoms with E-state index in [-0.39, 0.29) is 73.9 Å². The smallest absolute Gasteiger partial charge is 0.269 e. The van der Waals surface area contributed by atoms with Gasteiger partial charge in [0.1, 0.15) is 24.1 Å². The van der Waals surface area contributed by atoms with E-state index in [1.54, 1.807) is 36.4 Å². The number of aromatic hydroxyl groups is 1. The van der Waals surface area contributed by atoms with Crippen molar-refractivity contribution in [3.05, 3.63) is 136 Å². The molecule has 320 valence electrons. The molecule has 0 spiro atoms. The third kappa shape index (κ3) is 8.67. The van der Waals surface area contributed by atoms with Crippen LogP contribution in [0.4, 0.5) is 5.69 Å². The van der Waals surface area contributed by atoms with Crippen molar-refractivity contribution in [2.75, 3.05) is 19.8 Å². The normalized spacial score (nSPS) is 24.6. The molecule has 6 atom stereocenters. The van der Waals surface area contributed by atoms with Crippen molar-refractivity contribution in [1.29, 1.82) is 0 Å². The fourth-order valence-corrected chi connectivity index (χ4v) is 10.1. The highest BCUT2D eigenvalue weighted by Gasteiger charge is 2.66. The van der Waals surface area contributed by atoms with Gasteiger partial charge in [0.25, 0.3) is 5.69 Å². The van der Waals surface area contributed by atoms with E-state index in [1.165, 1.54) is 12.1 Å². The van der Waals surface area contributed by atoms with Crippen molar-refractivity contribution in [2.45, 2.75) is 88.7 Å². The van der Waals surface area contributed by atoms with Crippen LogP contribution in [0.25, 0.3) is 10.8 Å². The van der Waals surface area contributed by atoms with Gasteiger partial charge in [-0.15, -0.1) is 6.58 Å². The quantitative estimate of drug-likeness (QED) is 0.0363. The number of allylic oxidation sites excluding steroid dienone is 1. The van der Waals surface area contributed by atoms with Gasteiger partial charge in [0.05, 0.1) is 23.2 Å². The van der Waals surface area contributed by atoms with Gasteiger partial charge in [0.15, 0.2) is 0 Å². The fraction of sp³-hybridized carbons (Fsp3) is 0.429. The summed E-state index contributed by atoms with van der Waals surface area (Å²) in [6, 6.07) is 25.0. The number of aliphatic hydroxyl groups is 2. The third-order valence-electron chi connectivity index (χ3n) is 13.0. The maximum Gasteiger partial charge on any atom is 0.269 e. The molecular weight excluding hydrogens is 775 g/mol. The van der Waals surface area contributed by atoms with Gasteiger partial charge in [-0.05, 0) is 108 Å². The molecule has 12 nitrogen and oxygen atoms in total. The molecule has 0 bridgehead atoms. The minimum atomic E-state index is -1.42. The number of hydrogen-bond acceptors (Lipinski definition) is 10. The number of carbonyl (C=O) groups excluding carboxylic acids is 1. The van der Waals surface area contributed by atoms with E-state index in [2.05, 4.69) is 36.9 Å². The third-order valence-corrected chi connectivity index (χ3v) is 13.0. The van der Waals surface area contributed by atoms with Crippen molar-refractivity contribution >= 4 is 28.1 Å². The topological polar surface area (TPSA) is 164 Å². The Kier molecular flexibility index (Phi) is 12.8. The van der Waals surface area contributed by atoms with Gasteiger partial charge in [-0.1, -0.05) is 72.6 Å². The van der Waals surface area contributed by atoms with Crippen LogP contribution in [0.5, 0.6) is 11.5 Å². The minimum absolute atomic E-state index is 0.0156. The molecule has 8 rings (SSSR count). The second-order valence-electron chi connectivity index (χ2n) is 16.9. The van der Waals surface area contributed by atoms with Crippen molar-refractivity contribution in [2.24, 2.45) is 28.8 Å². The Morgan fingerprint density at radius 3 is 2.48 bits per heavy atom. The molecule has 1 heterocycles. The lowest BCUT2D eigenvalue weighted by Crippen LogP contribution is -2.70. The van der Waals surface area contributed by atoms with Crippen LogP contribution in [-0.2, 0) is 27.5 Å². The first-order valence-electron chi connectivity index (χ1n) is 21.7. The summed E-state index contributed by atoms with van der Waals surface area (Å²) in [5.41, 5.74) is 4.07. The molecule has 4 aromatic rings. The van der Waals surface area contributed by atoms with Gasteiger partial charge in [-0.2, -0.15) is 0 Å². The largest absolute Gasteiger partial charge is 0.508 e. The van der Waals surface area contributed by atoms with Gasteiger partial charge >= 0.3 is 0 Å². The van der Waals surface area contributed by atoms with Crippen molar-refractivity contribution < 1.29 is 39.3 Å². The van der Waals surface area contributed by atoms with E-state index >= 15 is 0 Å². The summed E-state index contributed by atoms with van der Waals surface area (Å²) in [5.74, 6) is -1.59. The number of rotatable bonds is 19. The number of non-ortho nitro benzene ring substituents is 1. The van der Waals surface area contributed by atoms with Gasteiger partial charge < -0.3 is 34.5 Å². The molecular formula is C49H55N3O9. The lowest BCUT2D eigenvalue weighted by molar-refractivity contribution is -0.384. The van der Waals surface area contributed by atoms with Crippen LogP contribution in [0.1, 0.15) is 80.4 Å². The second kappa shape index (κ2) is 18.6. The molecule has 1 aliphatic heterocycles. The van der Waals surface area contributed by atoms with Crippen LogP contribution in [0.3, 0.4) is 0 Å². The highest BCUT2D eigenvalue weighted by Crippen LogP contribution is 2.62. The Morgan fingerprint density at radius 1 is 0.984 bits per heavy atom. The summed E-state index contributed by atoms with van der Waals surface area (Å²) >= 11 is 0. The first-order chi connectivity index (χ1) is 29.8. The summed E-state index contributed by atoms with van der Waals surface area (Å²) in [5, 5.41) is 49.2. The number of fused-ring (bicyclic) bond motifs is 3. The molecule has 2 saturated carbocycles. The van der Waals surface area contributed by atoms with Crippen LogP contribution in [-0.4, -0.2) is 68.4 Å². The van der Waals surface area contributed by atoms with E-state index in [0.717, 1.165) is 66.0 Å². The molecule has 4 aromatic carbocycles. The Morgan fingerprint density at radius 2 is 1.74 bits per heavy atom. The standard InChI is InChI=1S/C49H55N3O9/c1-2-26-59-49-45(51(48(56)34-18-19-34)30-36-13-9-12-33-10-3-4-14-39(33)36)29-43(50-60-31-32-16-20-37(21-17-32)52(57)58)41-27-35(11-5-7-24-53)40(15-6-8-25-54)46(47(41)49)42-28-38(55)22-23-44(42)61-49/h2-4,9-10,12-14,16-17,20-23,27-28,34-35,40,45-47,53-55H,1,5-8,11,15,18-19,24-26,29-31H2/t35-,40+,45-,46+,47+,49+/m0/s1. The number of phenols is 1. The Bertz CT molecular complexity index is 2280. The molecule has 2 fully saturated rings. The number of nitrogens with zero attached hydrogens (tertiary/aromatic N) is 3. The zero-order valence-electron chi connectivity index (χ0n) is 34.4. The van der Waals surface area contributed by atoms with E-state index < -0.39 is 22.7 Å². The minimum Gasteiger partial charge on any atom is -0.508 e. The van der Waals surface area contributed by atoms with E-state index in [0.29, 0.717) is 36.4 Å². The average molecular weight is 830 g/mol. The molecule has 0 aromatic heterocycles. The monoisotopic (exact) mass is 829 g/mol. The zero-order chi connectivity index (χ0) is 42.5. The van der Waals surface area contributed by atoms with Gasteiger partial charge in [-0.3, -0.25) is 14.9 Å². The maximum atomic E-state index is 15.0.